The lowest BCUT2D eigenvalue weighted by molar-refractivity contribution is -0.319. The summed E-state index contributed by atoms with van der Waals surface area (Å²) >= 11 is 3.32. The van der Waals surface area contributed by atoms with Crippen LogP contribution in [0.3, 0.4) is 0 Å². The Morgan fingerprint density at radius 1 is 1.59 bits per heavy atom. The Morgan fingerprint density at radius 3 is 2.94 bits per heavy atom. The topological polar surface area (TPSA) is 54.0 Å². The molecule has 1 fully saturated rings. The molecular weight excluding hydrogens is 292 g/mol. The Kier molecular flexibility index (Phi) is 3.47. The fourth-order valence-electron chi connectivity index (χ4n) is 1.87. The van der Waals surface area contributed by atoms with Crippen molar-refractivity contribution in [3.8, 4) is 0 Å². The molecule has 1 saturated heterocycles. The van der Waals surface area contributed by atoms with Crippen molar-refractivity contribution in [3.63, 3.8) is 0 Å². The van der Waals surface area contributed by atoms with Crippen LogP contribution in [0.2, 0.25) is 0 Å². The Hall–Kier alpha value is -0.590. The van der Waals surface area contributed by atoms with Crippen LogP contribution in [-0.2, 0) is 23.7 Å². The third-order valence-corrected chi connectivity index (χ3v) is 3.24. The molecule has 0 aromatic carbocycles. The number of fused-ring (bicyclic) bond motifs is 1. The van der Waals surface area contributed by atoms with Gasteiger partial charge in [-0.1, -0.05) is 0 Å². The molecule has 0 saturated carbocycles. The van der Waals surface area contributed by atoms with E-state index in [1.54, 1.807) is 0 Å². The third kappa shape index (κ3) is 2.81. The maximum absolute atomic E-state index is 11.1. The zero-order valence-electron chi connectivity index (χ0n) is 9.94. The maximum atomic E-state index is 11.1. The molecule has 0 aliphatic carbocycles. The molecule has 0 N–H and O–H groups in total. The summed E-state index contributed by atoms with van der Waals surface area (Å²) < 4.78 is 22.6. The first kappa shape index (κ1) is 12.9. The molecule has 0 aromatic rings. The molecule has 0 bridgehead atoms. The van der Waals surface area contributed by atoms with Crippen molar-refractivity contribution in [2.75, 3.05) is 6.61 Å². The number of halogens is 1. The van der Waals surface area contributed by atoms with Crippen LogP contribution >= 0.6 is 15.9 Å². The Bertz CT molecular complexity index is 352. The highest BCUT2D eigenvalue weighted by Gasteiger charge is 2.46. The van der Waals surface area contributed by atoms with Gasteiger partial charge in [-0.3, -0.25) is 4.79 Å². The lowest BCUT2D eigenvalue weighted by atomic mass is 10.0. The van der Waals surface area contributed by atoms with E-state index in [4.69, 9.17) is 18.9 Å². The van der Waals surface area contributed by atoms with Crippen LogP contribution in [0.25, 0.3) is 0 Å². The van der Waals surface area contributed by atoms with E-state index in [9.17, 15) is 4.79 Å². The van der Waals surface area contributed by atoms with Crippen molar-refractivity contribution in [2.45, 2.75) is 44.9 Å². The highest BCUT2D eigenvalue weighted by molar-refractivity contribution is 9.11. The van der Waals surface area contributed by atoms with Crippen molar-refractivity contribution in [3.05, 3.63) is 10.7 Å². The van der Waals surface area contributed by atoms with Gasteiger partial charge in [0.1, 0.15) is 6.10 Å². The summed E-state index contributed by atoms with van der Waals surface area (Å²) in [5.74, 6) is -1.05. The first-order valence-corrected chi connectivity index (χ1v) is 6.18. The molecule has 0 spiro atoms. The van der Waals surface area contributed by atoms with Gasteiger partial charge in [-0.25, -0.2) is 0 Å². The van der Waals surface area contributed by atoms with Crippen molar-refractivity contribution in [1.82, 2.24) is 0 Å². The Morgan fingerprint density at radius 2 is 2.29 bits per heavy atom. The van der Waals surface area contributed by atoms with E-state index >= 15 is 0 Å². The van der Waals surface area contributed by atoms with Gasteiger partial charge in [0.05, 0.1) is 17.4 Å². The van der Waals surface area contributed by atoms with E-state index in [1.165, 1.54) is 13.2 Å². The SMILES string of the molecule is CC(=O)O[C@@H]1C(Br)=CO[C@@H]2COC(C)(C)O[C@@H]12. The highest BCUT2D eigenvalue weighted by atomic mass is 79.9. The Balaban J connectivity index is 2.19. The van der Waals surface area contributed by atoms with Crippen LogP contribution in [-0.4, -0.2) is 36.7 Å². The second kappa shape index (κ2) is 4.59. The minimum Gasteiger partial charge on any atom is -0.492 e. The van der Waals surface area contributed by atoms with Gasteiger partial charge in [-0.05, 0) is 29.8 Å². The molecule has 96 valence electrons. The lowest BCUT2D eigenvalue weighted by Gasteiger charge is -2.44. The number of carbonyl (C=O) groups is 1. The summed E-state index contributed by atoms with van der Waals surface area (Å²) in [6, 6.07) is 0. The van der Waals surface area contributed by atoms with E-state index < -0.39 is 11.9 Å². The van der Waals surface area contributed by atoms with Gasteiger partial charge in [-0.15, -0.1) is 0 Å². The molecule has 2 rings (SSSR count). The number of rotatable bonds is 1. The monoisotopic (exact) mass is 306 g/mol. The molecule has 17 heavy (non-hydrogen) atoms. The zero-order chi connectivity index (χ0) is 12.6. The molecule has 2 heterocycles. The molecule has 5 nitrogen and oxygen atoms in total. The van der Waals surface area contributed by atoms with Crippen LogP contribution in [0, 0.1) is 0 Å². The number of hydrogen-bond acceptors (Lipinski definition) is 5. The van der Waals surface area contributed by atoms with Crippen molar-refractivity contribution in [2.24, 2.45) is 0 Å². The van der Waals surface area contributed by atoms with Gasteiger partial charge in [0, 0.05) is 6.92 Å². The standard InChI is InChI=1S/C11H15BrO5/c1-6(13)16-9-7(12)4-14-8-5-15-11(2,3)17-10(8)9/h4,8-10H,5H2,1-3H3/t8-,9-,10-/m1/s1. The van der Waals surface area contributed by atoms with Gasteiger partial charge in [-0.2, -0.15) is 0 Å². The van der Waals surface area contributed by atoms with Crippen molar-refractivity contribution < 1.29 is 23.7 Å². The molecule has 2 aliphatic heterocycles. The number of hydrogen-bond donors (Lipinski definition) is 0. The molecular formula is C11H15BrO5. The fraction of sp³-hybridized carbons (Fsp3) is 0.727. The molecule has 0 amide bonds. The minimum atomic E-state index is -0.701. The molecule has 0 aromatic heterocycles. The van der Waals surface area contributed by atoms with Crippen LogP contribution in [0.4, 0.5) is 0 Å². The van der Waals surface area contributed by atoms with Crippen LogP contribution in [0.5, 0.6) is 0 Å². The van der Waals surface area contributed by atoms with Crippen molar-refractivity contribution >= 4 is 21.9 Å². The fourth-order valence-corrected chi connectivity index (χ4v) is 2.33. The second-order valence-corrected chi connectivity index (χ2v) is 5.42. The average Bonchev–Trinajstić information content (AvgIpc) is 2.21. The van der Waals surface area contributed by atoms with Gasteiger partial charge in [0.25, 0.3) is 0 Å². The first-order valence-electron chi connectivity index (χ1n) is 5.39. The van der Waals surface area contributed by atoms with Crippen LogP contribution in [0.1, 0.15) is 20.8 Å². The number of esters is 1. The number of ether oxygens (including phenoxy) is 4. The summed E-state index contributed by atoms with van der Waals surface area (Å²) in [6.45, 7) is 5.42. The molecule has 0 radical (unpaired) electrons. The van der Waals surface area contributed by atoms with Gasteiger partial charge < -0.3 is 18.9 Å². The van der Waals surface area contributed by atoms with E-state index in [-0.39, 0.29) is 18.2 Å². The quantitative estimate of drug-likeness (QED) is 0.690. The smallest absolute Gasteiger partial charge is 0.303 e. The minimum absolute atomic E-state index is 0.256. The van der Waals surface area contributed by atoms with Gasteiger partial charge in [0.15, 0.2) is 18.0 Å². The molecule has 2 aliphatic rings. The summed E-state index contributed by atoms with van der Waals surface area (Å²) in [5.41, 5.74) is 0. The first-order chi connectivity index (χ1) is 7.89. The molecule has 6 heteroatoms. The third-order valence-electron chi connectivity index (χ3n) is 2.60. The largest absolute Gasteiger partial charge is 0.492 e. The molecule has 0 unspecified atom stereocenters. The number of carbonyl (C=O) groups excluding carboxylic acids is 1. The lowest BCUT2D eigenvalue weighted by Crippen LogP contribution is -2.56. The van der Waals surface area contributed by atoms with E-state index in [0.29, 0.717) is 11.1 Å². The maximum Gasteiger partial charge on any atom is 0.303 e. The van der Waals surface area contributed by atoms with Gasteiger partial charge >= 0.3 is 5.97 Å². The summed E-state index contributed by atoms with van der Waals surface area (Å²) in [7, 11) is 0. The van der Waals surface area contributed by atoms with Crippen LogP contribution in [0.15, 0.2) is 10.7 Å². The average molecular weight is 307 g/mol. The van der Waals surface area contributed by atoms with E-state index in [0.717, 1.165) is 0 Å². The predicted molar refractivity (Wildman–Crippen MR) is 62.3 cm³/mol. The normalized spacial score (nSPS) is 35.3. The van der Waals surface area contributed by atoms with Gasteiger partial charge in [0.2, 0.25) is 0 Å². The Labute approximate surface area is 108 Å². The summed E-state index contributed by atoms with van der Waals surface area (Å²) in [5, 5.41) is 0. The second-order valence-electron chi connectivity index (χ2n) is 4.50. The molecule has 3 atom stereocenters. The highest BCUT2D eigenvalue weighted by Crippen LogP contribution is 2.34. The van der Waals surface area contributed by atoms with Crippen molar-refractivity contribution in [1.29, 1.82) is 0 Å². The zero-order valence-corrected chi connectivity index (χ0v) is 11.5. The van der Waals surface area contributed by atoms with E-state index in [2.05, 4.69) is 15.9 Å². The predicted octanol–water partition coefficient (Wildman–Crippen LogP) is 1.70. The van der Waals surface area contributed by atoms with Crippen LogP contribution < -0.4 is 0 Å². The van der Waals surface area contributed by atoms with E-state index in [1.807, 2.05) is 13.8 Å². The summed E-state index contributed by atoms with van der Waals surface area (Å²) in [6.07, 6.45) is 0.435. The summed E-state index contributed by atoms with van der Waals surface area (Å²) in [4.78, 5) is 11.1.